The number of carbonyl (C=O) groups excluding carboxylic acids is 1. The Morgan fingerprint density at radius 3 is 2.70 bits per heavy atom. The van der Waals surface area contributed by atoms with E-state index in [4.69, 9.17) is 16.6 Å². The zero-order valence-electron chi connectivity index (χ0n) is 16.2. The predicted molar refractivity (Wildman–Crippen MR) is 118 cm³/mol. The summed E-state index contributed by atoms with van der Waals surface area (Å²) in [6, 6.07) is 8.46. The lowest BCUT2D eigenvalue weighted by Crippen LogP contribution is -2.31. The molecule has 0 saturated carbocycles. The Bertz CT molecular complexity index is 1150. The SMILES string of the molecule is Cc1c(N2CCCCC2)nc2ccc(Br)cc2c1C(=O)Nc1[c]c(F)c(Cl)cc1F. The first-order valence-electron chi connectivity index (χ1n) is 9.58. The van der Waals surface area contributed by atoms with E-state index < -0.39 is 22.6 Å². The summed E-state index contributed by atoms with van der Waals surface area (Å²) >= 11 is 9.02. The molecule has 1 aliphatic rings. The number of benzene rings is 2. The van der Waals surface area contributed by atoms with Crippen molar-refractivity contribution in [2.45, 2.75) is 26.2 Å². The van der Waals surface area contributed by atoms with E-state index in [1.54, 1.807) is 6.07 Å². The van der Waals surface area contributed by atoms with E-state index in [1.165, 1.54) is 6.42 Å². The quantitative estimate of drug-likeness (QED) is 0.437. The number of halogens is 4. The minimum absolute atomic E-state index is 0.366. The smallest absolute Gasteiger partial charge is 0.256 e. The lowest BCUT2D eigenvalue weighted by Gasteiger charge is -2.30. The molecule has 3 aromatic rings. The van der Waals surface area contributed by atoms with Crippen LogP contribution in [0.25, 0.3) is 10.9 Å². The van der Waals surface area contributed by atoms with E-state index in [9.17, 15) is 13.6 Å². The average Bonchev–Trinajstić information content (AvgIpc) is 2.72. The zero-order chi connectivity index (χ0) is 21.4. The second-order valence-corrected chi connectivity index (χ2v) is 8.58. The predicted octanol–water partition coefficient (Wildman–Crippen LogP) is 6.28. The Morgan fingerprint density at radius 2 is 1.97 bits per heavy atom. The van der Waals surface area contributed by atoms with Gasteiger partial charge in [0.05, 0.1) is 27.9 Å². The first kappa shape index (κ1) is 21.0. The van der Waals surface area contributed by atoms with Gasteiger partial charge in [-0.2, -0.15) is 0 Å². The van der Waals surface area contributed by atoms with Crippen molar-refractivity contribution in [3.05, 3.63) is 62.6 Å². The van der Waals surface area contributed by atoms with E-state index in [-0.39, 0.29) is 5.69 Å². The van der Waals surface area contributed by atoms with Gasteiger partial charge in [0.1, 0.15) is 11.6 Å². The van der Waals surface area contributed by atoms with Crippen molar-refractivity contribution in [3.8, 4) is 0 Å². The van der Waals surface area contributed by atoms with Crippen LogP contribution in [0.5, 0.6) is 0 Å². The number of rotatable bonds is 3. The summed E-state index contributed by atoms with van der Waals surface area (Å²) in [6.45, 7) is 3.55. The second kappa shape index (κ2) is 8.47. The first-order chi connectivity index (χ1) is 14.3. The third-order valence-electron chi connectivity index (χ3n) is 5.22. The van der Waals surface area contributed by atoms with E-state index in [0.717, 1.165) is 42.3 Å². The molecule has 155 valence electrons. The van der Waals surface area contributed by atoms with E-state index in [1.807, 2.05) is 19.1 Å². The monoisotopic (exact) mass is 492 g/mol. The van der Waals surface area contributed by atoms with Gasteiger partial charge >= 0.3 is 0 Å². The molecule has 4 nitrogen and oxygen atoms in total. The standard InChI is InChI=1S/C22H18BrClF2N3O/c1-12-20(22(30)28-19-11-16(25)15(24)10-17(19)26)14-9-13(23)5-6-18(14)27-21(12)29-7-3-2-4-8-29/h5-6,9-10H,2-4,7-8H2,1H3,(H,28,30). The molecule has 1 amide bonds. The number of piperidine rings is 1. The largest absolute Gasteiger partial charge is 0.356 e. The molecule has 2 aromatic carbocycles. The van der Waals surface area contributed by atoms with Crippen LogP contribution < -0.4 is 10.2 Å². The Hall–Kier alpha value is -2.25. The fourth-order valence-electron chi connectivity index (χ4n) is 3.77. The molecule has 30 heavy (non-hydrogen) atoms. The van der Waals surface area contributed by atoms with Gasteiger partial charge in [-0.25, -0.2) is 13.8 Å². The van der Waals surface area contributed by atoms with Crippen LogP contribution in [0.3, 0.4) is 0 Å². The molecule has 0 spiro atoms. The number of hydrogen-bond donors (Lipinski definition) is 1. The zero-order valence-corrected chi connectivity index (χ0v) is 18.5. The van der Waals surface area contributed by atoms with Crippen molar-refractivity contribution in [2.24, 2.45) is 0 Å². The van der Waals surface area contributed by atoms with Gasteiger partial charge in [0.2, 0.25) is 0 Å². The van der Waals surface area contributed by atoms with Gasteiger partial charge in [-0.15, -0.1) is 0 Å². The van der Waals surface area contributed by atoms with Gasteiger partial charge in [0, 0.05) is 28.5 Å². The van der Waals surface area contributed by atoms with Crippen LogP contribution in [-0.4, -0.2) is 24.0 Å². The van der Waals surface area contributed by atoms with Crippen molar-refractivity contribution in [2.75, 3.05) is 23.3 Å². The maximum absolute atomic E-state index is 14.2. The van der Waals surface area contributed by atoms with Crippen LogP contribution in [0, 0.1) is 24.6 Å². The highest BCUT2D eigenvalue weighted by atomic mass is 79.9. The second-order valence-electron chi connectivity index (χ2n) is 7.25. The molecule has 1 fully saturated rings. The molecule has 1 radical (unpaired) electrons. The van der Waals surface area contributed by atoms with Gasteiger partial charge in [-0.1, -0.05) is 27.5 Å². The summed E-state index contributed by atoms with van der Waals surface area (Å²) in [5.41, 5.74) is 1.32. The number of pyridine rings is 1. The number of amides is 1. The summed E-state index contributed by atoms with van der Waals surface area (Å²) in [5, 5.41) is 2.67. The molecular formula is C22H18BrClF2N3O. The van der Waals surface area contributed by atoms with Gasteiger partial charge in [-0.05, 0) is 50.5 Å². The summed E-state index contributed by atoms with van der Waals surface area (Å²) < 4.78 is 28.8. The van der Waals surface area contributed by atoms with Gasteiger partial charge in [0.15, 0.2) is 5.82 Å². The van der Waals surface area contributed by atoms with E-state index >= 15 is 0 Å². The van der Waals surface area contributed by atoms with Crippen LogP contribution in [0.15, 0.2) is 28.7 Å². The minimum Gasteiger partial charge on any atom is -0.356 e. The third-order valence-corrected chi connectivity index (χ3v) is 5.99. The number of nitrogens with zero attached hydrogens (tertiary/aromatic N) is 2. The molecule has 4 rings (SSSR count). The Balaban J connectivity index is 1.83. The number of fused-ring (bicyclic) bond motifs is 1. The van der Waals surface area contributed by atoms with Crippen LogP contribution >= 0.6 is 27.5 Å². The fourth-order valence-corrected chi connectivity index (χ4v) is 4.27. The molecule has 1 saturated heterocycles. The number of anilines is 2. The number of hydrogen-bond acceptors (Lipinski definition) is 3. The van der Waals surface area contributed by atoms with Crippen LogP contribution in [0.1, 0.15) is 35.2 Å². The van der Waals surface area contributed by atoms with Crippen LogP contribution in [-0.2, 0) is 0 Å². The third kappa shape index (κ3) is 4.01. The number of nitrogens with one attached hydrogen (secondary N) is 1. The Labute approximate surface area is 186 Å². The molecule has 1 aromatic heterocycles. The van der Waals surface area contributed by atoms with E-state index in [0.29, 0.717) is 22.0 Å². The Morgan fingerprint density at radius 1 is 1.23 bits per heavy atom. The lowest BCUT2D eigenvalue weighted by atomic mass is 10.0. The van der Waals surface area contributed by atoms with Gasteiger partial charge < -0.3 is 10.2 Å². The van der Waals surface area contributed by atoms with Crippen molar-refractivity contribution in [1.29, 1.82) is 0 Å². The first-order valence-corrected chi connectivity index (χ1v) is 10.7. The minimum atomic E-state index is -0.929. The summed E-state index contributed by atoms with van der Waals surface area (Å²) in [6.07, 6.45) is 3.29. The summed E-state index contributed by atoms with van der Waals surface area (Å²) in [4.78, 5) is 20.2. The maximum atomic E-state index is 14.2. The average molecular weight is 494 g/mol. The molecule has 2 heterocycles. The molecule has 0 bridgehead atoms. The highest BCUT2D eigenvalue weighted by molar-refractivity contribution is 9.10. The van der Waals surface area contributed by atoms with Gasteiger partial charge in [-0.3, -0.25) is 4.79 Å². The van der Waals surface area contributed by atoms with Crippen LogP contribution in [0.2, 0.25) is 5.02 Å². The fraction of sp³-hybridized carbons (Fsp3) is 0.273. The number of aromatic nitrogens is 1. The maximum Gasteiger partial charge on any atom is 0.256 e. The summed E-state index contributed by atoms with van der Waals surface area (Å²) in [7, 11) is 0. The van der Waals surface area contributed by atoms with Gasteiger partial charge in [0.25, 0.3) is 5.91 Å². The lowest BCUT2D eigenvalue weighted by molar-refractivity contribution is 0.102. The molecule has 8 heteroatoms. The Kier molecular flexibility index (Phi) is 5.93. The molecule has 1 aliphatic heterocycles. The van der Waals surface area contributed by atoms with Crippen molar-refractivity contribution < 1.29 is 13.6 Å². The molecule has 0 atom stereocenters. The summed E-state index contributed by atoms with van der Waals surface area (Å²) in [5.74, 6) is -1.61. The number of carbonyl (C=O) groups is 1. The highest BCUT2D eigenvalue weighted by Crippen LogP contribution is 2.32. The molecule has 1 N–H and O–H groups in total. The van der Waals surface area contributed by atoms with Crippen molar-refractivity contribution >= 4 is 55.8 Å². The topological polar surface area (TPSA) is 45.2 Å². The van der Waals surface area contributed by atoms with Crippen molar-refractivity contribution in [3.63, 3.8) is 0 Å². The molecule has 0 aliphatic carbocycles. The van der Waals surface area contributed by atoms with Crippen LogP contribution in [0.4, 0.5) is 20.3 Å². The normalized spacial score (nSPS) is 14.2. The molecular weight excluding hydrogens is 476 g/mol. The highest BCUT2D eigenvalue weighted by Gasteiger charge is 2.23. The van der Waals surface area contributed by atoms with E-state index in [2.05, 4.69) is 32.2 Å². The molecule has 0 unspecified atom stereocenters. The van der Waals surface area contributed by atoms with Crippen molar-refractivity contribution in [1.82, 2.24) is 4.98 Å².